The molecular weight excluding hydrogens is 904 g/mol. The van der Waals surface area contributed by atoms with Crippen LogP contribution in [0.3, 0.4) is 0 Å². The number of carbonyl (C=O) groups excluding carboxylic acids is 1. The molecule has 2 aliphatic heterocycles. The van der Waals surface area contributed by atoms with Gasteiger partial charge in [-0.1, -0.05) is 24.3 Å². The summed E-state index contributed by atoms with van der Waals surface area (Å²) in [5, 5.41) is 35.0. The number of alkyl halides is 12. The smallest absolute Gasteiger partial charge is 0.434 e. The fraction of sp³-hybridized carbons (Fsp3) is 0.595. The van der Waals surface area contributed by atoms with Gasteiger partial charge in [-0.3, -0.25) is 19.4 Å². The minimum atomic E-state index is -5.77. The molecule has 0 unspecified atom stereocenters. The summed E-state index contributed by atoms with van der Waals surface area (Å²) >= 11 is 0. The molecule has 63 heavy (non-hydrogen) atoms. The minimum absolute atomic E-state index is 0. The van der Waals surface area contributed by atoms with Gasteiger partial charge >= 0.3 is 42.7 Å². The Morgan fingerprint density at radius 2 is 1.02 bits per heavy atom. The number of aliphatic hydroxyl groups is 1. The molecule has 2 aromatic carbocycles. The standard InChI is InChI=1S/C19H23F6N3O4.C15H23N3O2.C3H2F6O.ClH/c1-11-3-4-13(14(9-11)26-12(2)15(29)30)10-27-5-7-28(8-6-27)17(31)32-16(18(20,21)22)19(23,24)25;1-11-3-4-13(10-18-7-5-16-6-8-18)14(9-11)17-12(2)15(19)20;4-2(5,6)1(10)3(7,8)9;/h3-4,9,12,16,26H,5-8,10H2,1-2H3,(H,29,30);3-4,9,12,16-17H,5-8,10H2,1-2H3,(H,19,20);1,10H;1H/t2*12-;;/m00../s1. The first-order valence-electron chi connectivity index (χ1n) is 18.6. The Morgan fingerprint density at radius 1 is 0.651 bits per heavy atom. The van der Waals surface area contributed by atoms with Crippen LogP contribution in [0.25, 0.3) is 0 Å². The molecule has 0 bridgehead atoms. The largest absolute Gasteiger partial charge is 0.480 e. The zero-order chi connectivity index (χ0) is 47.4. The van der Waals surface area contributed by atoms with Crippen LogP contribution in [0.5, 0.6) is 0 Å². The van der Waals surface area contributed by atoms with Gasteiger partial charge in [-0.05, 0) is 62.1 Å². The average molecular weight is 953 g/mol. The van der Waals surface area contributed by atoms with Crippen molar-refractivity contribution in [2.75, 3.05) is 63.0 Å². The van der Waals surface area contributed by atoms with Crippen molar-refractivity contribution in [3.63, 3.8) is 0 Å². The van der Waals surface area contributed by atoms with Crippen LogP contribution in [0.1, 0.15) is 36.1 Å². The molecule has 360 valence electrons. The Bertz CT molecular complexity index is 1740. The summed E-state index contributed by atoms with van der Waals surface area (Å²) in [6, 6.07) is 10.2. The highest BCUT2D eigenvalue weighted by atomic mass is 35.5. The molecule has 0 aliphatic carbocycles. The van der Waals surface area contributed by atoms with Crippen molar-refractivity contribution in [3.8, 4) is 0 Å². The van der Waals surface area contributed by atoms with Crippen LogP contribution in [0.15, 0.2) is 36.4 Å². The number of benzene rings is 2. The lowest BCUT2D eigenvalue weighted by Crippen LogP contribution is -2.52. The number of carboxylic acids is 2. The average Bonchev–Trinajstić information content (AvgIpc) is 3.15. The minimum Gasteiger partial charge on any atom is -0.480 e. The number of ether oxygens (including phenoxy) is 1. The van der Waals surface area contributed by atoms with E-state index < -0.39 is 67.0 Å². The predicted octanol–water partition coefficient (Wildman–Crippen LogP) is 6.81. The number of anilines is 2. The maximum Gasteiger partial charge on any atom is 0.434 e. The van der Waals surface area contributed by atoms with Gasteiger partial charge in [-0.2, -0.15) is 52.7 Å². The topological polar surface area (TPSA) is 167 Å². The van der Waals surface area contributed by atoms with E-state index >= 15 is 0 Å². The molecule has 6 N–H and O–H groups in total. The van der Waals surface area contributed by atoms with Gasteiger partial charge in [0, 0.05) is 76.8 Å². The van der Waals surface area contributed by atoms with E-state index in [0.717, 1.165) is 65.6 Å². The Hall–Kier alpha value is -4.46. The molecule has 2 heterocycles. The summed E-state index contributed by atoms with van der Waals surface area (Å²) in [5.41, 5.74) is 5.47. The van der Waals surface area contributed by atoms with E-state index in [-0.39, 0.29) is 38.6 Å². The second-order valence-corrected chi connectivity index (χ2v) is 14.4. The Morgan fingerprint density at radius 3 is 1.33 bits per heavy atom. The van der Waals surface area contributed by atoms with Crippen LogP contribution < -0.4 is 16.0 Å². The van der Waals surface area contributed by atoms with Gasteiger partial charge < -0.3 is 40.9 Å². The third-order valence-electron chi connectivity index (χ3n) is 9.08. The van der Waals surface area contributed by atoms with Crippen LogP contribution in [0, 0.1) is 13.8 Å². The number of carbonyl (C=O) groups is 3. The van der Waals surface area contributed by atoms with Gasteiger partial charge in [-0.25, -0.2) is 4.79 Å². The van der Waals surface area contributed by atoms with Crippen LogP contribution in [-0.4, -0.2) is 149 Å². The summed E-state index contributed by atoms with van der Waals surface area (Å²) in [5.74, 6) is -1.87. The molecule has 4 rings (SSSR count). The quantitative estimate of drug-likeness (QED) is 0.131. The molecule has 2 atom stereocenters. The fourth-order valence-electron chi connectivity index (χ4n) is 5.63. The monoisotopic (exact) mass is 952 g/mol. The second-order valence-electron chi connectivity index (χ2n) is 14.4. The maximum absolute atomic E-state index is 12.6. The SMILES string of the molecule is Cc1ccc(CN2CCN(C(=O)OC(C(F)(F)F)C(F)(F)F)CC2)c(N[C@@H](C)C(=O)O)c1.Cc1ccc(CN2CCNCC2)c(N[C@@H](C)C(=O)O)c1.Cl.OC(C(F)(F)F)C(F)(F)F. The van der Waals surface area contributed by atoms with E-state index in [1.165, 1.54) is 6.92 Å². The first kappa shape index (κ1) is 56.6. The summed E-state index contributed by atoms with van der Waals surface area (Å²) in [4.78, 5) is 39.0. The van der Waals surface area contributed by atoms with Gasteiger partial charge in [-0.15, -0.1) is 12.4 Å². The number of halogens is 13. The predicted molar refractivity (Wildman–Crippen MR) is 207 cm³/mol. The number of aryl methyl sites for hydroxylation is 2. The van der Waals surface area contributed by atoms with Gasteiger partial charge in [0.1, 0.15) is 12.1 Å². The van der Waals surface area contributed by atoms with Crippen LogP contribution in [-0.2, 0) is 27.4 Å². The number of piperazine rings is 2. The van der Waals surface area contributed by atoms with Crippen molar-refractivity contribution in [1.29, 1.82) is 0 Å². The number of nitrogens with one attached hydrogen (secondary N) is 3. The lowest BCUT2D eigenvalue weighted by molar-refractivity contribution is -0.309. The number of hydrogen-bond donors (Lipinski definition) is 6. The van der Waals surface area contributed by atoms with Crippen LogP contribution >= 0.6 is 12.4 Å². The zero-order valence-corrected chi connectivity index (χ0v) is 34.9. The van der Waals surface area contributed by atoms with E-state index in [0.29, 0.717) is 12.2 Å². The zero-order valence-electron chi connectivity index (χ0n) is 34.1. The number of amides is 1. The van der Waals surface area contributed by atoms with Crippen molar-refractivity contribution in [1.82, 2.24) is 20.0 Å². The molecule has 1 amide bonds. The molecule has 26 heteroatoms. The van der Waals surface area contributed by atoms with E-state index in [9.17, 15) is 67.1 Å². The molecule has 2 aliphatic rings. The molecule has 2 aromatic rings. The molecule has 0 aromatic heterocycles. The maximum atomic E-state index is 12.6. The van der Waals surface area contributed by atoms with Crippen LogP contribution in [0.4, 0.5) is 68.9 Å². The molecule has 2 fully saturated rings. The highest BCUT2D eigenvalue weighted by molar-refractivity contribution is 5.85. The molecule has 13 nitrogen and oxygen atoms in total. The number of aliphatic hydroxyl groups excluding tert-OH is 1. The fourth-order valence-corrected chi connectivity index (χ4v) is 5.63. The Balaban J connectivity index is 0.000000543. The number of rotatable bonds is 11. The Kier molecular flexibility index (Phi) is 21.5. The molecular formula is C37H49ClF12N6O7. The summed E-state index contributed by atoms with van der Waals surface area (Å²) in [7, 11) is 0. The van der Waals surface area contributed by atoms with Crippen molar-refractivity contribution >= 4 is 41.8 Å². The summed E-state index contributed by atoms with van der Waals surface area (Å²) < 4.78 is 145. The Labute approximate surface area is 360 Å². The van der Waals surface area contributed by atoms with E-state index in [1.54, 1.807) is 19.1 Å². The highest BCUT2D eigenvalue weighted by Gasteiger charge is 2.60. The first-order chi connectivity index (χ1) is 28.4. The van der Waals surface area contributed by atoms with Gasteiger partial charge in [0.15, 0.2) is 0 Å². The number of aliphatic carboxylic acids is 2. The summed E-state index contributed by atoms with van der Waals surface area (Å²) in [6.45, 7) is 12.4. The van der Waals surface area contributed by atoms with Crippen molar-refractivity contribution in [2.24, 2.45) is 0 Å². The molecule has 0 saturated carbocycles. The number of hydrogen-bond acceptors (Lipinski definition) is 10. The summed E-state index contributed by atoms with van der Waals surface area (Å²) in [6.07, 6.45) is -32.9. The third-order valence-corrected chi connectivity index (χ3v) is 9.08. The highest BCUT2D eigenvalue weighted by Crippen LogP contribution is 2.36. The van der Waals surface area contributed by atoms with E-state index in [4.69, 9.17) is 15.3 Å². The third kappa shape index (κ3) is 19.4. The van der Waals surface area contributed by atoms with Crippen molar-refractivity contribution in [2.45, 2.75) is 89.8 Å². The van der Waals surface area contributed by atoms with E-state index in [2.05, 4.69) is 37.7 Å². The van der Waals surface area contributed by atoms with Crippen LogP contribution in [0.2, 0.25) is 0 Å². The molecule has 2 saturated heterocycles. The lowest BCUT2D eigenvalue weighted by atomic mass is 10.1. The van der Waals surface area contributed by atoms with Crippen molar-refractivity contribution in [3.05, 3.63) is 58.7 Å². The van der Waals surface area contributed by atoms with Crippen molar-refractivity contribution < 1.29 is 87.1 Å². The lowest BCUT2D eigenvalue weighted by Gasteiger charge is -2.35. The first-order valence-corrected chi connectivity index (χ1v) is 18.6. The number of nitrogens with zero attached hydrogens (tertiary/aromatic N) is 3. The number of carboxylic acid groups (broad SMARTS) is 2. The molecule has 0 spiro atoms. The van der Waals surface area contributed by atoms with E-state index in [1.807, 2.05) is 30.9 Å². The van der Waals surface area contributed by atoms with Gasteiger partial charge in [0.05, 0.1) is 0 Å². The molecule has 0 radical (unpaired) electrons. The second kappa shape index (κ2) is 24.0. The van der Waals surface area contributed by atoms with Gasteiger partial charge in [0.25, 0.3) is 6.10 Å². The normalized spacial score (nSPS) is 16.4. The van der Waals surface area contributed by atoms with Gasteiger partial charge in [0.2, 0.25) is 6.10 Å².